The first-order chi connectivity index (χ1) is 7.86. The summed E-state index contributed by atoms with van der Waals surface area (Å²) >= 11 is 0. The van der Waals surface area contributed by atoms with Gasteiger partial charge in [-0.15, -0.1) is 0 Å². The molecule has 1 aliphatic rings. The van der Waals surface area contributed by atoms with Gasteiger partial charge in [0.05, 0.1) is 11.4 Å². The highest BCUT2D eigenvalue weighted by Gasteiger charge is 2.29. The van der Waals surface area contributed by atoms with Crippen LogP contribution in [-0.2, 0) is 4.79 Å². The van der Waals surface area contributed by atoms with Gasteiger partial charge in [-0.2, -0.15) is 0 Å². The predicted octanol–water partition coefficient (Wildman–Crippen LogP) is 3.16. The van der Waals surface area contributed by atoms with Gasteiger partial charge in [0.1, 0.15) is 0 Å². The van der Waals surface area contributed by atoms with E-state index in [9.17, 15) is 4.79 Å². The first kappa shape index (κ1) is 12.0. The number of nitrogens with one attached hydrogen (secondary N) is 2. The SMILES string of the molecule is Cc1ccc2c(c1)NC(=O)CC(C(C)(C)C)N2. The van der Waals surface area contributed by atoms with Crippen LogP contribution in [0.4, 0.5) is 11.4 Å². The first-order valence-corrected chi connectivity index (χ1v) is 6.03. The van der Waals surface area contributed by atoms with E-state index in [0.29, 0.717) is 6.42 Å². The van der Waals surface area contributed by atoms with E-state index in [4.69, 9.17) is 0 Å². The van der Waals surface area contributed by atoms with Gasteiger partial charge in [-0.25, -0.2) is 0 Å². The van der Waals surface area contributed by atoms with Crippen LogP contribution in [0.1, 0.15) is 32.8 Å². The van der Waals surface area contributed by atoms with Crippen molar-refractivity contribution in [2.75, 3.05) is 10.6 Å². The van der Waals surface area contributed by atoms with Crippen molar-refractivity contribution >= 4 is 17.3 Å². The lowest BCUT2D eigenvalue weighted by atomic mass is 9.84. The average molecular weight is 232 g/mol. The van der Waals surface area contributed by atoms with Crippen LogP contribution in [0.3, 0.4) is 0 Å². The third-order valence-electron chi connectivity index (χ3n) is 3.21. The molecule has 1 aromatic rings. The minimum atomic E-state index is 0.0594. The summed E-state index contributed by atoms with van der Waals surface area (Å²) in [7, 11) is 0. The van der Waals surface area contributed by atoms with Crippen LogP contribution in [0.15, 0.2) is 18.2 Å². The number of amides is 1. The van der Waals surface area contributed by atoms with Gasteiger partial charge in [0.25, 0.3) is 0 Å². The molecule has 0 spiro atoms. The highest BCUT2D eigenvalue weighted by atomic mass is 16.1. The Labute approximate surface area is 103 Å². The monoisotopic (exact) mass is 232 g/mol. The van der Waals surface area contributed by atoms with Crippen molar-refractivity contribution in [1.82, 2.24) is 0 Å². The summed E-state index contributed by atoms with van der Waals surface area (Å²) in [6.45, 7) is 8.48. The predicted molar refractivity (Wildman–Crippen MR) is 71.3 cm³/mol. The van der Waals surface area contributed by atoms with Crippen molar-refractivity contribution in [2.24, 2.45) is 5.41 Å². The third-order valence-corrected chi connectivity index (χ3v) is 3.21. The van der Waals surface area contributed by atoms with Crippen LogP contribution in [-0.4, -0.2) is 11.9 Å². The molecule has 3 nitrogen and oxygen atoms in total. The number of rotatable bonds is 0. The number of carbonyl (C=O) groups excluding carboxylic acids is 1. The van der Waals surface area contributed by atoms with Gasteiger partial charge in [-0.1, -0.05) is 26.8 Å². The zero-order valence-corrected chi connectivity index (χ0v) is 10.9. The quantitative estimate of drug-likeness (QED) is 0.721. The van der Waals surface area contributed by atoms with Crippen molar-refractivity contribution in [3.05, 3.63) is 23.8 Å². The normalized spacial score (nSPS) is 20.0. The largest absolute Gasteiger partial charge is 0.380 e. The van der Waals surface area contributed by atoms with E-state index in [0.717, 1.165) is 16.9 Å². The molecule has 1 amide bonds. The molecule has 0 saturated carbocycles. The van der Waals surface area contributed by atoms with E-state index in [1.807, 2.05) is 19.1 Å². The topological polar surface area (TPSA) is 41.1 Å². The molecular formula is C14H20N2O. The summed E-state index contributed by atoms with van der Waals surface area (Å²) in [5.74, 6) is 0.0850. The van der Waals surface area contributed by atoms with Gasteiger partial charge < -0.3 is 10.6 Å². The maximum Gasteiger partial charge on any atom is 0.226 e. The number of hydrogen-bond acceptors (Lipinski definition) is 2. The minimum absolute atomic E-state index is 0.0594. The Hall–Kier alpha value is -1.51. The number of fused-ring (bicyclic) bond motifs is 1. The fraction of sp³-hybridized carbons (Fsp3) is 0.500. The second-order valence-electron chi connectivity index (χ2n) is 5.86. The van der Waals surface area contributed by atoms with Crippen molar-refractivity contribution in [1.29, 1.82) is 0 Å². The molecule has 1 aliphatic heterocycles. The molecule has 1 aromatic carbocycles. The maximum absolute atomic E-state index is 11.9. The summed E-state index contributed by atoms with van der Waals surface area (Å²) < 4.78 is 0. The van der Waals surface area contributed by atoms with Gasteiger partial charge in [0.15, 0.2) is 0 Å². The maximum atomic E-state index is 11.9. The Balaban J connectivity index is 2.37. The molecule has 2 N–H and O–H groups in total. The molecule has 0 saturated heterocycles. The van der Waals surface area contributed by atoms with E-state index in [1.165, 1.54) is 0 Å². The van der Waals surface area contributed by atoms with Crippen LogP contribution >= 0.6 is 0 Å². The number of carbonyl (C=O) groups is 1. The molecular weight excluding hydrogens is 212 g/mol. The molecule has 3 heteroatoms. The van der Waals surface area contributed by atoms with E-state index >= 15 is 0 Å². The Morgan fingerprint density at radius 3 is 2.59 bits per heavy atom. The molecule has 0 radical (unpaired) electrons. The van der Waals surface area contributed by atoms with Crippen LogP contribution < -0.4 is 10.6 Å². The van der Waals surface area contributed by atoms with Crippen LogP contribution in [0.25, 0.3) is 0 Å². The molecule has 0 fully saturated rings. The first-order valence-electron chi connectivity index (χ1n) is 6.03. The molecule has 0 aromatic heterocycles. The summed E-state index contributed by atoms with van der Waals surface area (Å²) in [4.78, 5) is 11.9. The molecule has 1 heterocycles. The molecule has 92 valence electrons. The van der Waals surface area contributed by atoms with Crippen molar-refractivity contribution < 1.29 is 4.79 Å². The summed E-state index contributed by atoms with van der Waals surface area (Å²) in [6.07, 6.45) is 0.511. The highest BCUT2D eigenvalue weighted by molar-refractivity contribution is 5.96. The van der Waals surface area contributed by atoms with Crippen molar-refractivity contribution in [3.63, 3.8) is 0 Å². The standard InChI is InChI=1S/C14H20N2O/c1-9-5-6-10-11(7-9)16-13(17)8-12(15-10)14(2,3)4/h5-7,12,15H,8H2,1-4H3,(H,16,17). The van der Waals surface area contributed by atoms with Crippen molar-refractivity contribution in [2.45, 2.75) is 40.2 Å². The highest BCUT2D eigenvalue weighted by Crippen LogP contribution is 2.32. The van der Waals surface area contributed by atoms with E-state index < -0.39 is 0 Å². The average Bonchev–Trinajstić information content (AvgIpc) is 2.34. The Kier molecular flexibility index (Phi) is 2.86. The Morgan fingerprint density at radius 1 is 1.24 bits per heavy atom. The second-order valence-corrected chi connectivity index (χ2v) is 5.86. The molecule has 17 heavy (non-hydrogen) atoms. The van der Waals surface area contributed by atoms with E-state index in [1.54, 1.807) is 0 Å². The Bertz CT molecular complexity index is 446. The van der Waals surface area contributed by atoms with E-state index in [-0.39, 0.29) is 17.4 Å². The number of anilines is 2. The summed E-state index contributed by atoms with van der Waals surface area (Å²) in [5.41, 5.74) is 3.12. The van der Waals surface area contributed by atoms with Gasteiger partial charge in [-0.05, 0) is 30.0 Å². The fourth-order valence-corrected chi connectivity index (χ4v) is 2.04. The van der Waals surface area contributed by atoms with Gasteiger partial charge >= 0.3 is 0 Å². The summed E-state index contributed by atoms with van der Waals surface area (Å²) in [6, 6.07) is 6.26. The smallest absolute Gasteiger partial charge is 0.226 e. The Morgan fingerprint density at radius 2 is 1.94 bits per heavy atom. The second kappa shape index (κ2) is 4.06. The van der Waals surface area contributed by atoms with Gasteiger partial charge in [0, 0.05) is 12.5 Å². The number of benzene rings is 1. The lowest BCUT2D eigenvalue weighted by Gasteiger charge is -2.30. The fourth-order valence-electron chi connectivity index (χ4n) is 2.04. The molecule has 2 rings (SSSR count). The number of hydrogen-bond donors (Lipinski definition) is 2. The molecule has 1 atom stereocenters. The molecule has 0 aliphatic carbocycles. The van der Waals surface area contributed by atoms with Gasteiger partial charge in [-0.3, -0.25) is 4.79 Å². The van der Waals surface area contributed by atoms with Crippen LogP contribution in [0, 0.1) is 12.3 Å². The zero-order valence-electron chi connectivity index (χ0n) is 10.9. The minimum Gasteiger partial charge on any atom is -0.380 e. The van der Waals surface area contributed by atoms with E-state index in [2.05, 4.69) is 37.5 Å². The van der Waals surface area contributed by atoms with Crippen LogP contribution in [0.2, 0.25) is 0 Å². The number of aryl methyl sites for hydroxylation is 1. The van der Waals surface area contributed by atoms with Crippen molar-refractivity contribution in [3.8, 4) is 0 Å². The van der Waals surface area contributed by atoms with Crippen LogP contribution in [0.5, 0.6) is 0 Å². The lowest BCUT2D eigenvalue weighted by molar-refractivity contribution is -0.116. The van der Waals surface area contributed by atoms with Gasteiger partial charge in [0.2, 0.25) is 5.91 Å². The lowest BCUT2D eigenvalue weighted by Crippen LogP contribution is -2.35. The zero-order chi connectivity index (χ0) is 12.6. The molecule has 0 bridgehead atoms. The summed E-state index contributed by atoms with van der Waals surface area (Å²) in [5, 5.41) is 6.44. The molecule has 1 unspecified atom stereocenters. The third kappa shape index (κ3) is 2.60.